The summed E-state index contributed by atoms with van der Waals surface area (Å²) in [6.45, 7) is 0. The van der Waals surface area contributed by atoms with Gasteiger partial charge in [0.15, 0.2) is 0 Å². The number of halogens is 1. The van der Waals surface area contributed by atoms with Crippen molar-refractivity contribution in [1.29, 1.82) is 0 Å². The van der Waals surface area contributed by atoms with Crippen LogP contribution in [0.15, 0.2) is 84.9 Å². The van der Waals surface area contributed by atoms with Crippen molar-refractivity contribution in [2.75, 3.05) is 0 Å². The van der Waals surface area contributed by atoms with Crippen molar-refractivity contribution in [1.82, 2.24) is 0 Å². The standard InChI is InChI=1S/C22H14ClNO2/c23-16-10-11-21(22(14-16)24(25)26)20-13-12-17(15-6-2-1-3-7-15)18-8-4-5-9-19(18)20/h1-14H. The van der Waals surface area contributed by atoms with Gasteiger partial charge in [-0.25, -0.2) is 0 Å². The first-order chi connectivity index (χ1) is 12.6. The molecule has 0 aliphatic heterocycles. The largest absolute Gasteiger partial charge is 0.278 e. The van der Waals surface area contributed by atoms with Gasteiger partial charge < -0.3 is 0 Å². The van der Waals surface area contributed by atoms with Crippen molar-refractivity contribution in [2.45, 2.75) is 0 Å². The molecule has 0 unspecified atom stereocenters. The lowest BCUT2D eigenvalue weighted by Crippen LogP contribution is -1.93. The van der Waals surface area contributed by atoms with Crippen molar-refractivity contribution >= 4 is 28.1 Å². The molecular formula is C22H14ClNO2. The Morgan fingerprint density at radius 1 is 0.692 bits per heavy atom. The third-order valence-corrected chi connectivity index (χ3v) is 4.69. The molecule has 0 aliphatic carbocycles. The van der Waals surface area contributed by atoms with E-state index in [1.54, 1.807) is 12.1 Å². The molecule has 4 aromatic rings. The van der Waals surface area contributed by atoms with Gasteiger partial charge in [-0.2, -0.15) is 0 Å². The molecule has 0 spiro atoms. The van der Waals surface area contributed by atoms with Gasteiger partial charge in [-0.3, -0.25) is 10.1 Å². The van der Waals surface area contributed by atoms with Crippen LogP contribution in [0.1, 0.15) is 0 Å². The fraction of sp³-hybridized carbons (Fsp3) is 0. The predicted octanol–water partition coefficient (Wildman–Crippen LogP) is 6.74. The summed E-state index contributed by atoms with van der Waals surface area (Å²) in [6.07, 6.45) is 0. The number of rotatable bonds is 3. The van der Waals surface area contributed by atoms with Gasteiger partial charge in [0, 0.05) is 11.1 Å². The molecule has 0 radical (unpaired) electrons. The fourth-order valence-electron chi connectivity index (χ4n) is 3.29. The number of hydrogen-bond acceptors (Lipinski definition) is 2. The summed E-state index contributed by atoms with van der Waals surface area (Å²) in [6, 6.07) is 26.8. The third-order valence-electron chi connectivity index (χ3n) is 4.46. The highest BCUT2D eigenvalue weighted by Gasteiger charge is 2.18. The highest BCUT2D eigenvalue weighted by molar-refractivity contribution is 6.31. The van der Waals surface area contributed by atoms with E-state index in [2.05, 4.69) is 12.1 Å². The Labute approximate surface area is 155 Å². The topological polar surface area (TPSA) is 43.1 Å². The first-order valence-corrected chi connectivity index (χ1v) is 8.54. The van der Waals surface area contributed by atoms with Crippen LogP contribution in [0.25, 0.3) is 33.0 Å². The SMILES string of the molecule is O=[N+]([O-])c1cc(Cl)ccc1-c1ccc(-c2ccccc2)c2ccccc12. The van der Waals surface area contributed by atoms with E-state index >= 15 is 0 Å². The number of hydrogen-bond donors (Lipinski definition) is 0. The molecule has 126 valence electrons. The Morgan fingerprint density at radius 2 is 1.27 bits per heavy atom. The van der Waals surface area contributed by atoms with Gasteiger partial charge in [0.05, 0.1) is 10.5 Å². The van der Waals surface area contributed by atoms with Crippen LogP contribution < -0.4 is 0 Å². The molecule has 4 rings (SSSR count). The molecule has 0 N–H and O–H groups in total. The number of benzene rings is 4. The monoisotopic (exact) mass is 359 g/mol. The van der Waals surface area contributed by atoms with E-state index < -0.39 is 0 Å². The minimum Gasteiger partial charge on any atom is -0.258 e. The summed E-state index contributed by atoms with van der Waals surface area (Å²) in [7, 11) is 0. The fourth-order valence-corrected chi connectivity index (χ4v) is 3.45. The second kappa shape index (κ2) is 6.62. The molecule has 4 aromatic carbocycles. The Kier molecular flexibility index (Phi) is 4.15. The second-order valence-corrected chi connectivity index (χ2v) is 6.43. The van der Waals surface area contributed by atoms with E-state index in [0.29, 0.717) is 10.6 Å². The van der Waals surface area contributed by atoms with Crippen LogP contribution in [0, 0.1) is 10.1 Å². The highest BCUT2D eigenvalue weighted by atomic mass is 35.5. The molecule has 3 nitrogen and oxygen atoms in total. The van der Waals surface area contributed by atoms with E-state index in [9.17, 15) is 10.1 Å². The van der Waals surface area contributed by atoms with Crippen LogP contribution in [0.4, 0.5) is 5.69 Å². The Bertz CT molecular complexity index is 1120. The van der Waals surface area contributed by atoms with Crippen molar-refractivity contribution in [3.8, 4) is 22.3 Å². The van der Waals surface area contributed by atoms with Crippen LogP contribution in [0.2, 0.25) is 5.02 Å². The quantitative estimate of drug-likeness (QED) is 0.300. The predicted molar refractivity (Wildman–Crippen MR) is 106 cm³/mol. The first kappa shape index (κ1) is 16.3. The van der Waals surface area contributed by atoms with Crippen LogP contribution in [-0.2, 0) is 0 Å². The van der Waals surface area contributed by atoms with Crippen molar-refractivity contribution in [3.05, 3.63) is 100 Å². The van der Waals surface area contributed by atoms with Crippen LogP contribution in [0.3, 0.4) is 0 Å². The minimum absolute atomic E-state index is 0.00936. The number of nitrogens with zero attached hydrogens (tertiary/aromatic N) is 1. The molecule has 0 aromatic heterocycles. The minimum atomic E-state index is -0.388. The Hall–Kier alpha value is -3.17. The summed E-state index contributed by atoms with van der Waals surface area (Å²) < 4.78 is 0. The normalized spacial score (nSPS) is 10.8. The average molecular weight is 360 g/mol. The van der Waals surface area contributed by atoms with E-state index in [1.165, 1.54) is 6.07 Å². The van der Waals surface area contributed by atoms with Crippen molar-refractivity contribution in [3.63, 3.8) is 0 Å². The van der Waals surface area contributed by atoms with E-state index in [-0.39, 0.29) is 10.6 Å². The molecule has 0 fully saturated rings. The summed E-state index contributed by atoms with van der Waals surface area (Å²) >= 11 is 5.97. The molecule has 4 heteroatoms. The molecule has 0 atom stereocenters. The van der Waals surface area contributed by atoms with Gasteiger partial charge in [-0.1, -0.05) is 78.3 Å². The van der Waals surface area contributed by atoms with Gasteiger partial charge >= 0.3 is 0 Å². The molecule has 0 amide bonds. The van der Waals surface area contributed by atoms with Gasteiger partial charge in [0.2, 0.25) is 0 Å². The van der Waals surface area contributed by atoms with Crippen LogP contribution in [0.5, 0.6) is 0 Å². The zero-order valence-electron chi connectivity index (χ0n) is 13.7. The molecule has 26 heavy (non-hydrogen) atoms. The van der Waals surface area contributed by atoms with Gasteiger partial charge in [-0.05, 0) is 39.6 Å². The lowest BCUT2D eigenvalue weighted by atomic mass is 9.91. The summed E-state index contributed by atoms with van der Waals surface area (Å²) in [4.78, 5) is 11.1. The second-order valence-electron chi connectivity index (χ2n) is 5.99. The zero-order valence-corrected chi connectivity index (χ0v) is 14.5. The summed E-state index contributed by atoms with van der Waals surface area (Å²) in [5.41, 5.74) is 3.61. The zero-order chi connectivity index (χ0) is 18.1. The van der Waals surface area contributed by atoms with Crippen molar-refractivity contribution < 1.29 is 4.92 Å². The van der Waals surface area contributed by atoms with Gasteiger partial charge in [-0.15, -0.1) is 0 Å². The maximum atomic E-state index is 11.5. The molecule has 0 aliphatic rings. The first-order valence-electron chi connectivity index (χ1n) is 8.16. The van der Waals surface area contributed by atoms with E-state index in [1.807, 2.05) is 54.6 Å². The third kappa shape index (κ3) is 2.83. The molecular weight excluding hydrogens is 346 g/mol. The van der Waals surface area contributed by atoms with E-state index in [4.69, 9.17) is 11.6 Å². The van der Waals surface area contributed by atoms with Crippen LogP contribution in [-0.4, -0.2) is 4.92 Å². The van der Waals surface area contributed by atoms with Crippen LogP contribution >= 0.6 is 11.6 Å². The van der Waals surface area contributed by atoms with Crippen molar-refractivity contribution in [2.24, 2.45) is 0 Å². The number of nitro groups is 1. The molecule has 0 heterocycles. The van der Waals surface area contributed by atoms with Gasteiger partial charge in [0.1, 0.15) is 0 Å². The maximum absolute atomic E-state index is 11.5. The van der Waals surface area contributed by atoms with Gasteiger partial charge in [0.25, 0.3) is 5.69 Å². The number of nitro benzene ring substituents is 1. The molecule has 0 bridgehead atoms. The highest BCUT2D eigenvalue weighted by Crippen LogP contribution is 2.39. The Balaban J connectivity index is 2.02. The number of fused-ring (bicyclic) bond motifs is 1. The smallest absolute Gasteiger partial charge is 0.258 e. The maximum Gasteiger partial charge on any atom is 0.278 e. The summed E-state index contributed by atoms with van der Waals surface area (Å²) in [5.74, 6) is 0. The molecule has 0 saturated carbocycles. The lowest BCUT2D eigenvalue weighted by molar-refractivity contribution is -0.384. The van der Waals surface area contributed by atoms with E-state index in [0.717, 1.165) is 27.5 Å². The molecule has 0 saturated heterocycles. The average Bonchev–Trinajstić information content (AvgIpc) is 2.68. The summed E-state index contributed by atoms with van der Waals surface area (Å²) in [5, 5.41) is 13.9. The lowest BCUT2D eigenvalue weighted by Gasteiger charge is -2.12. The Morgan fingerprint density at radius 3 is 1.96 bits per heavy atom.